The second-order valence-corrected chi connectivity index (χ2v) is 5.15. The number of hydrogen-bond acceptors (Lipinski definition) is 3. The zero-order chi connectivity index (χ0) is 11.3. The Kier molecular flexibility index (Phi) is 4.81. The molecule has 4 nitrogen and oxygen atoms in total. The number of imidazole rings is 1. The molecule has 0 saturated heterocycles. The van der Waals surface area contributed by atoms with Crippen LogP contribution in [0.2, 0.25) is 0 Å². The first-order chi connectivity index (χ1) is 7.15. The molecule has 1 aromatic rings. The summed E-state index contributed by atoms with van der Waals surface area (Å²) in [5, 5.41) is 3.25. The van der Waals surface area contributed by atoms with Gasteiger partial charge in [0.1, 0.15) is 0 Å². The minimum atomic E-state index is -0.771. The summed E-state index contributed by atoms with van der Waals surface area (Å²) < 4.78 is 13.2. The van der Waals surface area contributed by atoms with E-state index in [9.17, 15) is 4.21 Å². The van der Waals surface area contributed by atoms with Crippen LogP contribution in [-0.2, 0) is 10.8 Å². The fourth-order valence-corrected chi connectivity index (χ4v) is 2.30. The van der Waals surface area contributed by atoms with Crippen molar-refractivity contribution >= 4 is 16.7 Å². The second-order valence-electron chi connectivity index (χ2n) is 3.67. The Morgan fingerprint density at radius 3 is 3.00 bits per heavy atom. The molecule has 86 valence electrons. The van der Waals surface area contributed by atoms with Crippen LogP contribution in [0.15, 0.2) is 12.4 Å². The van der Waals surface area contributed by atoms with Gasteiger partial charge in [-0.15, -0.1) is 0 Å². The molecule has 2 atom stereocenters. The van der Waals surface area contributed by atoms with Crippen molar-refractivity contribution in [1.29, 1.82) is 0 Å². The van der Waals surface area contributed by atoms with Crippen LogP contribution in [0.1, 0.15) is 26.3 Å². The molecule has 0 radical (unpaired) electrons. The highest BCUT2D eigenvalue weighted by atomic mass is 32.2. The number of anilines is 1. The average Bonchev–Trinajstić information content (AvgIpc) is 2.61. The van der Waals surface area contributed by atoms with E-state index in [0.29, 0.717) is 5.75 Å². The van der Waals surface area contributed by atoms with Gasteiger partial charge in [-0.05, 0) is 13.3 Å². The van der Waals surface area contributed by atoms with Crippen molar-refractivity contribution in [3.63, 3.8) is 0 Å². The highest BCUT2D eigenvalue weighted by Crippen LogP contribution is 2.14. The van der Waals surface area contributed by atoms with Gasteiger partial charge in [0, 0.05) is 47.8 Å². The van der Waals surface area contributed by atoms with Gasteiger partial charge in [-0.3, -0.25) is 4.21 Å². The summed E-state index contributed by atoms with van der Waals surface area (Å²) in [6, 6.07) is 0.220. The van der Waals surface area contributed by atoms with Gasteiger partial charge in [-0.2, -0.15) is 0 Å². The van der Waals surface area contributed by atoms with Crippen molar-refractivity contribution < 1.29 is 4.21 Å². The van der Waals surface area contributed by atoms with Crippen LogP contribution in [-0.4, -0.2) is 32.3 Å². The van der Waals surface area contributed by atoms with Crippen molar-refractivity contribution in [3.8, 4) is 0 Å². The Morgan fingerprint density at radius 2 is 2.40 bits per heavy atom. The Morgan fingerprint density at radius 1 is 1.67 bits per heavy atom. The van der Waals surface area contributed by atoms with Crippen molar-refractivity contribution in [3.05, 3.63) is 12.4 Å². The van der Waals surface area contributed by atoms with Gasteiger partial charge in [0.2, 0.25) is 5.95 Å². The number of nitrogens with zero attached hydrogens (tertiary/aromatic N) is 2. The van der Waals surface area contributed by atoms with E-state index in [0.717, 1.165) is 18.9 Å². The summed E-state index contributed by atoms with van der Waals surface area (Å²) in [5.74, 6) is 1.53. The predicted molar refractivity (Wildman–Crippen MR) is 64.7 cm³/mol. The molecule has 0 aliphatic heterocycles. The number of nitrogens with one attached hydrogen (secondary N) is 1. The lowest BCUT2D eigenvalue weighted by Gasteiger charge is -2.15. The normalized spacial score (nSPS) is 14.9. The Balaban J connectivity index is 2.66. The molecule has 0 aliphatic carbocycles. The number of rotatable bonds is 6. The molecular weight excluding hydrogens is 210 g/mol. The van der Waals surface area contributed by atoms with E-state index in [1.807, 2.05) is 10.8 Å². The van der Waals surface area contributed by atoms with Crippen LogP contribution in [0.3, 0.4) is 0 Å². The number of hydrogen-bond donors (Lipinski definition) is 1. The average molecular weight is 229 g/mol. The molecule has 0 spiro atoms. The molecule has 0 saturated carbocycles. The molecule has 1 heterocycles. The van der Waals surface area contributed by atoms with Crippen LogP contribution in [0.25, 0.3) is 0 Å². The van der Waals surface area contributed by atoms with Gasteiger partial charge in [0.05, 0.1) is 0 Å². The topological polar surface area (TPSA) is 46.9 Å². The van der Waals surface area contributed by atoms with E-state index in [1.165, 1.54) is 0 Å². The monoisotopic (exact) mass is 229 g/mol. The van der Waals surface area contributed by atoms with Gasteiger partial charge in [-0.1, -0.05) is 6.92 Å². The van der Waals surface area contributed by atoms with Crippen LogP contribution in [0.4, 0.5) is 5.95 Å². The molecule has 15 heavy (non-hydrogen) atoms. The van der Waals surface area contributed by atoms with Crippen molar-refractivity contribution in [1.82, 2.24) is 9.55 Å². The maximum atomic E-state index is 11.1. The van der Waals surface area contributed by atoms with Gasteiger partial charge in [0.15, 0.2) is 0 Å². The standard InChI is InChI=1S/C10H19N3OS/c1-4-5-11-10-12-6-7-13(10)9(2)8-15(3)14/h6-7,9H,4-5,8H2,1-3H3,(H,11,12). The smallest absolute Gasteiger partial charge is 0.203 e. The SMILES string of the molecule is CCCNc1nccn1C(C)CS(C)=O. The van der Waals surface area contributed by atoms with Crippen molar-refractivity contribution in [2.24, 2.45) is 0 Å². The Labute approximate surface area is 93.5 Å². The summed E-state index contributed by atoms with van der Waals surface area (Å²) in [4.78, 5) is 4.23. The third-order valence-corrected chi connectivity index (χ3v) is 3.10. The lowest BCUT2D eigenvalue weighted by Crippen LogP contribution is -2.15. The van der Waals surface area contributed by atoms with E-state index >= 15 is 0 Å². The molecule has 1 rings (SSSR count). The Hall–Kier alpha value is -0.840. The summed E-state index contributed by atoms with van der Waals surface area (Å²) in [6.45, 7) is 5.09. The zero-order valence-corrected chi connectivity index (χ0v) is 10.4. The summed E-state index contributed by atoms with van der Waals surface area (Å²) in [5.41, 5.74) is 0. The minimum absolute atomic E-state index is 0.220. The van der Waals surface area contributed by atoms with Crippen LogP contribution in [0.5, 0.6) is 0 Å². The fraction of sp³-hybridized carbons (Fsp3) is 0.700. The quantitative estimate of drug-likeness (QED) is 0.806. The van der Waals surface area contributed by atoms with Crippen molar-refractivity contribution in [2.75, 3.05) is 23.9 Å². The molecule has 0 aliphatic rings. The van der Waals surface area contributed by atoms with Gasteiger partial charge >= 0.3 is 0 Å². The third-order valence-electron chi connectivity index (χ3n) is 2.15. The molecule has 0 aromatic carbocycles. The van der Waals surface area contributed by atoms with Gasteiger partial charge < -0.3 is 9.88 Å². The molecule has 0 bridgehead atoms. The molecule has 2 unspecified atom stereocenters. The van der Waals surface area contributed by atoms with E-state index in [-0.39, 0.29) is 6.04 Å². The second kappa shape index (κ2) is 5.90. The van der Waals surface area contributed by atoms with Crippen molar-refractivity contribution in [2.45, 2.75) is 26.3 Å². The predicted octanol–water partition coefficient (Wildman–Crippen LogP) is 1.64. The highest BCUT2D eigenvalue weighted by Gasteiger charge is 2.10. The molecule has 0 fully saturated rings. The lowest BCUT2D eigenvalue weighted by molar-refractivity contribution is 0.601. The fourth-order valence-electron chi connectivity index (χ4n) is 1.46. The molecule has 0 amide bonds. The summed E-state index contributed by atoms with van der Waals surface area (Å²) >= 11 is 0. The first kappa shape index (κ1) is 12.2. The largest absolute Gasteiger partial charge is 0.356 e. The van der Waals surface area contributed by atoms with Crippen LogP contribution >= 0.6 is 0 Å². The first-order valence-electron chi connectivity index (χ1n) is 5.21. The summed E-state index contributed by atoms with van der Waals surface area (Å²) in [6.07, 6.45) is 6.50. The minimum Gasteiger partial charge on any atom is -0.356 e. The van der Waals surface area contributed by atoms with Crippen LogP contribution in [0, 0.1) is 0 Å². The van der Waals surface area contributed by atoms with E-state index in [2.05, 4.69) is 24.1 Å². The lowest BCUT2D eigenvalue weighted by atomic mass is 10.4. The van der Waals surface area contributed by atoms with Gasteiger partial charge in [-0.25, -0.2) is 4.98 Å². The zero-order valence-electron chi connectivity index (χ0n) is 9.56. The number of aromatic nitrogens is 2. The molecular formula is C10H19N3OS. The maximum absolute atomic E-state index is 11.1. The molecule has 1 N–H and O–H groups in total. The van der Waals surface area contributed by atoms with Crippen LogP contribution < -0.4 is 5.32 Å². The molecule has 1 aromatic heterocycles. The van der Waals surface area contributed by atoms with Gasteiger partial charge in [0.25, 0.3) is 0 Å². The summed E-state index contributed by atoms with van der Waals surface area (Å²) in [7, 11) is -0.771. The molecule has 5 heteroatoms. The third kappa shape index (κ3) is 3.66. The highest BCUT2D eigenvalue weighted by molar-refractivity contribution is 7.84. The first-order valence-corrected chi connectivity index (χ1v) is 6.94. The maximum Gasteiger partial charge on any atom is 0.203 e. The Bertz CT molecular complexity index is 324. The van der Waals surface area contributed by atoms with E-state index in [4.69, 9.17) is 0 Å². The van der Waals surface area contributed by atoms with E-state index < -0.39 is 10.8 Å². The van der Waals surface area contributed by atoms with E-state index in [1.54, 1.807) is 12.5 Å².